The van der Waals surface area contributed by atoms with Gasteiger partial charge in [-0.3, -0.25) is 0 Å². The molecule has 0 radical (unpaired) electrons. The number of hydrogen-bond acceptors (Lipinski definition) is 2. The summed E-state index contributed by atoms with van der Waals surface area (Å²) in [4.78, 5) is 0. The van der Waals surface area contributed by atoms with Gasteiger partial charge in [-0.1, -0.05) is 17.7 Å². The van der Waals surface area contributed by atoms with E-state index in [-0.39, 0.29) is 0 Å². The number of halogens is 1. The SMILES string of the molecule is CSc1cc2ccc(Cl)cc2s1. The second kappa shape index (κ2) is 3.29. The van der Waals surface area contributed by atoms with E-state index in [9.17, 15) is 0 Å². The lowest BCUT2D eigenvalue weighted by Crippen LogP contribution is -1.61. The van der Waals surface area contributed by atoms with Gasteiger partial charge in [0, 0.05) is 9.72 Å². The van der Waals surface area contributed by atoms with Gasteiger partial charge in [0.15, 0.2) is 0 Å². The van der Waals surface area contributed by atoms with Crippen molar-refractivity contribution in [2.45, 2.75) is 4.21 Å². The number of hydrogen-bond donors (Lipinski definition) is 0. The number of thiophene rings is 1. The summed E-state index contributed by atoms with van der Waals surface area (Å²) in [6.45, 7) is 0. The fourth-order valence-corrected chi connectivity index (χ4v) is 3.00. The second-order valence-electron chi connectivity index (χ2n) is 2.45. The highest BCUT2D eigenvalue weighted by atomic mass is 35.5. The molecule has 1 aromatic heterocycles. The molecular formula is C9H7ClS2. The second-order valence-corrected chi connectivity index (χ2v) is 5.08. The first-order chi connectivity index (χ1) is 5.79. The molecular weight excluding hydrogens is 208 g/mol. The Hall–Kier alpha value is -0.180. The van der Waals surface area contributed by atoms with Gasteiger partial charge in [-0.2, -0.15) is 0 Å². The lowest BCUT2D eigenvalue weighted by atomic mass is 10.3. The van der Waals surface area contributed by atoms with E-state index in [4.69, 9.17) is 11.6 Å². The summed E-state index contributed by atoms with van der Waals surface area (Å²) < 4.78 is 2.61. The van der Waals surface area contributed by atoms with Crippen LogP contribution in [0.25, 0.3) is 10.1 Å². The van der Waals surface area contributed by atoms with Crippen molar-refractivity contribution >= 4 is 44.8 Å². The predicted molar refractivity (Wildman–Crippen MR) is 58.6 cm³/mol. The lowest BCUT2D eigenvalue weighted by molar-refractivity contribution is 1.76. The summed E-state index contributed by atoms with van der Waals surface area (Å²) in [5.74, 6) is 0. The highest BCUT2D eigenvalue weighted by Gasteiger charge is 2.00. The van der Waals surface area contributed by atoms with Crippen LogP contribution in [0.4, 0.5) is 0 Å². The van der Waals surface area contributed by atoms with Gasteiger partial charge in [-0.05, 0) is 29.8 Å². The van der Waals surface area contributed by atoms with Gasteiger partial charge < -0.3 is 0 Å². The average molecular weight is 215 g/mol. The van der Waals surface area contributed by atoms with Crippen LogP contribution in [-0.4, -0.2) is 6.26 Å². The van der Waals surface area contributed by atoms with E-state index in [1.54, 1.807) is 23.1 Å². The Bertz CT molecular complexity index is 406. The minimum atomic E-state index is 0.817. The topological polar surface area (TPSA) is 0 Å². The standard InChI is InChI=1S/C9H7ClS2/c1-11-9-4-6-2-3-7(10)5-8(6)12-9/h2-5H,1H3. The Labute approximate surface area is 84.5 Å². The van der Waals surface area contributed by atoms with E-state index in [1.807, 2.05) is 12.1 Å². The zero-order chi connectivity index (χ0) is 8.55. The first kappa shape index (κ1) is 8.42. The Morgan fingerprint density at radius 2 is 2.17 bits per heavy atom. The summed E-state index contributed by atoms with van der Waals surface area (Å²) in [5, 5.41) is 2.10. The third kappa shape index (κ3) is 1.47. The normalized spacial score (nSPS) is 10.8. The van der Waals surface area contributed by atoms with Crippen molar-refractivity contribution in [1.82, 2.24) is 0 Å². The molecule has 0 N–H and O–H groups in total. The van der Waals surface area contributed by atoms with E-state index < -0.39 is 0 Å². The van der Waals surface area contributed by atoms with Gasteiger partial charge in [0.2, 0.25) is 0 Å². The fraction of sp³-hybridized carbons (Fsp3) is 0.111. The van der Waals surface area contributed by atoms with Crippen LogP contribution in [-0.2, 0) is 0 Å². The van der Waals surface area contributed by atoms with Gasteiger partial charge in [-0.25, -0.2) is 0 Å². The summed E-state index contributed by atoms with van der Waals surface area (Å²) in [6.07, 6.45) is 2.09. The van der Waals surface area contributed by atoms with E-state index >= 15 is 0 Å². The molecule has 2 aromatic rings. The van der Waals surface area contributed by atoms with Crippen molar-refractivity contribution in [3.63, 3.8) is 0 Å². The fourth-order valence-electron chi connectivity index (χ4n) is 1.08. The van der Waals surface area contributed by atoms with Crippen LogP contribution < -0.4 is 0 Å². The van der Waals surface area contributed by atoms with Crippen LogP contribution in [0.1, 0.15) is 0 Å². The molecule has 3 heteroatoms. The number of rotatable bonds is 1. The molecule has 1 aromatic carbocycles. The molecule has 1 heterocycles. The zero-order valence-corrected chi connectivity index (χ0v) is 8.89. The summed E-state index contributed by atoms with van der Waals surface area (Å²) >= 11 is 9.44. The predicted octanol–water partition coefficient (Wildman–Crippen LogP) is 4.28. The summed E-state index contributed by atoms with van der Waals surface area (Å²) in [7, 11) is 0. The summed E-state index contributed by atoms with van der Waals surface area (Å²) in [6, 6.07) is 8.21. The molecule has 62 valence electrons. The minimum absolute atomic E-state index is 0.817. The molecule has 0 atom stereocenters. The molecule has 0 amide bonds. The number of benzene rings is 1. The Morgan fingerprint density at radius 1 is 1.33 bits per heavy atom. The molecule has 0 saturated heterocycles. The van der Waals surface area contributed by atoms with Gasteiger partial charge in [0.1, 0.15) is 0 Å². The molecule has 0 aliphatic carbocycles. The molecule has 0 aliphatic heterocycles. The Balaban J connectivity index is 2.67. The lowest BCUT2D eigenvalue weighted by Gasteiger charge is -1.87. The Kier molecular flexibility index (Phi) is 2.31. The molecule has 2 rings (SSSR count). The van der Waals surface area contributed by atoms with Crippen LogP contribution in [0.3, 0.4) is 0 Å². The third-order valence-corrected chi connectivity index (χ3v) is 4.06. The largest absolute Gasteiger partial charge is 0.129 e. The van der Waals surface area contributed by atoms with Crippen molar-refractivity contribution < 1.29 is 0 Å². The molecule has 0 aliphatic rings. The molecule has 0 spiro atoms. The van der Waals surface area contributed by atoms with Crippen molar-refractivity contribution in [1.29, 1.82) is 0 Å². The Morgan fingerprint density at radius 3 is 2.92 bits per heavy atom. The smallest absolute Gasteiger partial charge is 0.0608 e. The van der Waals surface area contributed by atoms with Crippen LogP contribution in [0.15, 0.2) is 28.5 Å². The van der Waals surface area contributed by atoms with Crippen LogP contribution >= 0.6 is 34.7 Å². The minimum Gasteiger partial charge on any atom is -0.129 e. The van der Waals surface area contributed by atoms with Gasteiger partial charge in [0.25, 0.3) is 0 Å². The maximum atomic E-state index is 5.87. The summed E-state index contributed by atoms with van der Waals surface area (Å²) in [5.41, 5.74) is 0. The molecule has 0 nitrogen and oxygen atoms in total. The van der Waals surface area contributed by atoms with Gasteiger partial charge >= 0.3 is 0 Å². The molecule has 0 fully saturated rings. The van der Waals surface area contributed by atoms with Gasteiger partial charge in [-0.15, -0.1) is 23.1 Å². The van der Waals surface area contributed by atoms with E-state index in [2.05, 4.69) is 18.4 Å². The van der Waals surface area contributed by atoms with Crippen molar-refractivity contribution in [3.05, 3.63) is 29.3 Å². The highest BCUT2D eigenvalue weighted by Crippen LogP contribution is 2.32. The molecule has 0 bridgehead atoms. The molecule has 0 saturated carbocycles. The maximum Gasteiger partial charge on any atom is 0.0608 e. The number of fused-ring (bicyclic) bond motifs is 1. The van der Waals surface area contributed by atoms with Gasteiger partial charge in [0.05, 0.1) is 4.21 Å². The van der Waals surface area contributed by atoms with Crippen molar-refractivity contribution in [3.8, 4) is 0 Å². The monoisotopic (exact) mass is 214 g/mol. The third-order valence-electron chi connectivity index (χ3n) is 1.66. The van der Waals surface area contributed by atoms with Crippen LogP contribution in [0, 0.1) is 0 Å². The van der Waals surface area contributed by atoms with E-state index in [1.165, 1.54) is 14.3 Å². The van der Waals surface area contributed by atoms with Crippen molar-refractivity contribution in [2.75, 3.05) is 6.26 Å². The highest BCUT2D eigenvalue weighted by molar-refractivity contribution is 8.00. The van der Waals surface area contributed by atoms with Crippen LogP contribution in [0.2, 0.25) is 5.02 Å². The number of thioether (sulfide) groups is 1. The van der Waals surface area contributed by atoms with Crippen LogP contribution in [0.5, 0.6) is 0 Å². The first-order valence-electron chi connectivity index (χ1n) is 3.52. The molecule has 12 heavy (non-hydrogen) atoms. The molecule has 0 unspecified atom stereocenters. The zero-order valence-electron chi connectivity index (χ0n) is 6.50. The van der Waals surface area contributed by atoms with E-state index in [0.717, 1.165) is 5.02 Å². The maximum absolute atomic E-state index is 5.87. The van der Waals surface area contributed by atoms with Crippen molar-refractivity contribution in [2.24, 2.45) is 0 Å². The van der Waals surface area contributed by atoms with E-state index in [0.29, 0.717) is 0 Å². The first-order valence-corrected chi connectivity index (χ1v) is 5.94. The quantitative estimate of drug-likeness (QED) is 0.639. The average Bonchev–Trinajstić information content (AvgIpc) is 2.46.